The Morgan fingerprint density at radius 1 is 0.917 bits per heavy atom. The first-order valence-electron chi connectivity index (χ1n) is 7.79. The number of hydrogen-bond acceptors (Lipinski definition) is 3. The molecule has 0 saturated heterocycles. The van der Waals surface area contributed by atoms with Crippen LogP contribution in [0.1, 0.15) is 21.3 Å². The second-order valence-electron chi connectivity index (χ2n) is 5.25. The van der Waals surface area contributed by atoms with E-state index < -0.39 is 0 Å². The number of aromatic nitrogens is 1. The largest absolute Gasteiger partial charge is 0.351 e. The summed E-state index contributed by atoms with van der Waals surface area (Å²) in [5.74, 6) is -0.0646. The molecule has 0 aliphatic carbocycles. The lowest BCUT2D eigenvalue weighted by Crippen LogP contribution is -2.27. The summed E-state index contributed by atoms with van der Waals surface area (Å²) in [5.41, 5.74) is 1.63. The van der Waals surface area contributed by atoms with Gasteiger partial charge in [-0.05, 0) is 36.4 Å². The van der Waals surface area contributed by atoms with Gasteiger partial charge in [-0.3, -0.25) is 9.78 Å². The molecular formula is C20H18N2OS. The van der Waals surface area contributed by atoms with E-state index in [1.54, 1.807) is 18.0 Å². The van der Waals surface area contributed by atoms with Gasteiger partial charge < -0.3 is 5.32 Å². The number of amides is 1. The van der Waals surface area contributed by atoms with Crippen molar-refractivity contribution >= 4 is 17.7 Å². The third kappa shape index (κ3) is 4.46. The minimum Gasteiger partial charge on any atom is -0.351 e. The van der Waals surface area contributed by atoms with Gasteiger partial charge in [0.2, 0.25) is 0 Å². The smallest absolute Gasteiger partial charge is 0.251 e. The van der Waals surface area contributed by atoms with Crippen LogP contribution in [-0.4, -0.2) is 17.4 Å². The maximum Gasteiger partial charge on any atom is 0.251 e. The predicted molar refractivity (Wildman–Crippen MR) is 98.1 cm³/mol. The molecule has 1 N–H and O–H groups in total. The van der Waals surface area contributed by atoms with Gasteiger partial charge in [-0.1, -0.05) is 42.5 Å². The van der Waals surface area contributed by atoms with Gasteiger partial charge >= 0.3 is 0 Å². The molecule has 1 amide bonds. The fraction of sp³-hybridized carbons (Fsp3) is 0.100. The van der Waals surface area contributed by atoms with Crippen LogP contribution in [0.5, 0.6) is 0 Å². The first kappa shape index (κ1) is 16.3. The number of rotatable bonds is 6. The Bertz CT molecular complexity index is 763. The van der Waals surface area contributed by atoms with Crippen LogP contribution in [0, 0.1) is 0 Å². The fourth-order valence-corrected chi connectivity index (χ4v) is 3.38. The number of carbonyl (C=O) groups excluding carboxylic acids is 1. The molecule has 24 heavy (non-hydrogen) atoms. The lowest BCUT2D eigenvalue weighted by Gasteiger charge is -2.17. The third-order valence-electron chi connectivity index (χ3n) is 3.52. The van der Waals surface area contributed by atoms with E-state index in [1.807, 2.05) is 66.7 Å². The molecule has 3 aromatic rings. The maximum atomic E-state index is 12.3. The Hall–Kier alpha value is -2.59. The molecule has 1 heterocycles. The van der Waals surface area contributed by atoms with Crippen molar-refractivity contribution in [1.82, 2.24) is 10.3 Å². The van der Waals surface area contributed by atoms with E-state index in [0.29, 0.717) is 12.1 Å². The van der Waals surface area contributed by atoms with Gasteiger partial charge in [-0.25, -0.2) is 0 Å². The summed E-state index contributed by atoms with van der Waals surface area (Å²) >= 11 is 1.70. The summed E-state index contributed by atoms with van der Waals surface area (Å²) in [4.78, 5) is 17.9. The standard InChI is InChI=1S/C20H18N2OS/c23-20(16-9-3-1-4-10-16)22-15-19(18-13-7-8-14-21-18)24-17-11-5-2-6-12-17/h1-14,19H,15H2,(H,22,23)/t19-/m1/s1. The second-order valence-corrected chi connectivity index (χ2v) is 6.53. The highest BCUT2D eigenvalue weighted by molar-refractivity contribution is 7.99. The van der Waals surface area contributed by atoms with Crippen molar-refractivity contribution in [2.75, 3.05) is 6.54 Å². The molecule has 0 aliphatic heterocycles. The normalized spacial score (nSPS) is 11.7. The van der Waals surface area contributed by atoms with E-state index in [4.69, 9.17) is 0 Å². The monoisotopic (exact) mass is 334 g/mol. The number of nitrogens with zero attached hydrogens (tertiary/aromatic N) is 1. The summed E-state index contributed by atoms with van der Waals surface area (Å²) in [7, 11) is 0. The molecule has 3 rings (SSSR count). The highest BCUT2D eigenvalue weighted by Gasteiger charge is 2.16. The molecule has 2 aromatic carbocycles. The number of benzene rings is 2. The highest BCUT2D eigenvalue weighted by Crippen LogP contribution is 2.33. The molecule has 1 aromatic heterocycles. The molecule has 120 valence electrons. The van der Waals surface area contributed by atoms with Crippen molar-refractivity contribution in [3.05, 3.63) is 96.3 Å². The van der Waals surface area contributed by atoms with Gasteiger partial charge in [-0.2, -0.15) is 0 Å². The van der Waals surface area contributed by atoms with Crippen LogP contribution >= 0.6 is 11.8 Å². The van der Waals surface area contributed by atoms with Crippen molar-refractivity contribution in [1.29, 1.82) is 0 Å². The number of pyridine rings is 1. The van der Waals surface area contributed by atoms with Crippen LogP contribution in [0.2, 0.25) is 0 Å². The molecule has 0 fully saturated rings. The Labute approximate surface area is 146 Å². The molecule has 0 aliphatic rings. The Kier molecular flexibility index (Phi) is 5.64. The van der Waals surface area contributed by atoms with Crippen LogP contribution in [0.25, 0.3) is 0 Å². The summed E-state index contributed by atoms with van der Waals surface area (Å²) < 4.78 is 0. The van der Waals surface area contributed by atoms with E-state index in [1.165, 1.54) is 0 Å². The van der Waals surface area contributed by atoms with Crippen LogP contribution in [0.15, 0.2) is 90.0 Å². The van der Waals surface area contributed by atoms with E-state index in [0.717, 1.165) is 10.6 Å². The molecule has 3 nitrogen and oxygen atoms in total. The van der Waals surface area contributed by atoms with Gasteiger partial charge in [0, 0.05) is 23.2 Å². The Balaban J connectivity index is 1.72. The van der Waals surface area contributed by atoms with E-state index in [-0.39, 0.29) is 11.2 Å². The molecule has 0 bridgehead atoms. The summed E-state index contributed by atoms with van der Waals surface area (Å²) in [5, 5.41) is 3.07. The van der Waals surface area contributed by atoms with Crippen LogP contribution in [0.4, 0.5) is 0 Å². The van der Waals surface area contributed by atoms with Crippen molar-refractivity contribution < 1.29 is 4.79 Å². The van der Waals surface area contributed by atoms with Gasteiger partial charge in [0.1, 0.15) is 0 Å². The number of hydrogen-bond donors (Lipinski definition) is 1. The lowest BCUT2D eigenvalue weighted by atomic mass is 10.2. The summed E-state index contributed by atoms with van der Waals surface area (Å²) in [6, 6.07) is 25.3. The number of carbonyl (C=O) groups is 1. The van der Waals surface area contributed by atoms with Gasteiger partial charge in [0.15, 0.2) is 0 Å². The maximum absolute atomic E-state index is 12.3. The van der Waals surface area contributed by atoms with Gasteiger partial charge in [0.25, 0.3) is 5.91 Å². The Morgan fingerprint density at radius 3 is 2.25 bits per heavy atom. The van der Waals surface area contributed by atoms with Crippen molar-refractivity contribution in [2.24, 2.45) is 0 Å². The molecule has 4 heteroatoms. The lowest BCUT2D eigenvalue weighted by molar-refractivity contribution is 0.0953. The minimum absolute atomic E-state index is 0.0567. The summed E-state index contributed by atoms with van der Waals surface area (Å²) in [6.07, 6.45) is 1.78. The summed E-state index contributed by atoms with van der Waals surface area (Å²) in [6.45, 7) is 0.518. The molecular weight excluding hydrogens is 316 g/mol. The zero-order valence-electron chi connectivity index (χ0n) is 13.1. The third-order valence-corrected chi connectivity index (χ3v) is 4.76. The molecule has 0 spiro atoms. The minimum atomic E-state index is -0.0646. The fourth-order valence-electron chi connectivity index (χ4n) is 2.31. The predicted octanol–water partition coefficient (Wildman–Crippen LogP) is 4.35. The van der Waals surface area contributed by atoms with E-state index in [9.17, 15) is 4.79 Å². The zero-order valence-corrected chi connectivity index (χ0v) is 13.9. The molecule has 0 saturated carbocycles. The number of nitrogens with one attached hydrogen (secondary N) is 1. The average Bonchev–Trinajstić information content (AvgIpc) is 2.67. The van der Waals surface area contributed by atoms with Crippen molar-refractivity contribution in [3.8, 4) is 0 Å². The highest BCUT2D eigenvalue weighted by atomic mass is 32.2. The van der Waals surface area contributed by atoms with E-state index in [2.05, 4.69) is 22.4 Å². The van der Waals surface area contributed by atoms with Gasteiger partial charge in [0.05, 0.1) is 10.9 Å². The van der Waals surface area contributed by atoms with Crippen molar-refractivity contribution in [3.63, 3.8) is 0 Å². The van der Waals surface area contributed by atoms with Crippen LogP contribution < -0.4 is 5.32 Å². The zero-order chi connectivity index (χ0) is 16.6. The van der Waals surface area contributed by atoms with E-state index >= 15 is 0 Å². The second kappa shape index (κ2) is 8.31. The quantitative estimate of drug-likeness (QED) is 0.682. The SMILES string of the molecule is O=C(NC[C@@H](Sc1ccccc1)c1ccccn1)c1ccccc1. The first-order valence-corrected chi connectivity index (χ1v) is 8.67. The topological polar surface area (TPSA) is 42.0 Å². The number of thioether (sulfide) groups is 1. The Morgan fingerprint density at radius 2 is 1.58 bits per heavy atom. The molecule has 0 unspecified atom stereocenters. The van der Waals surface area contributed by atoms with Gasteiger partial charge in [-0.15, -0.1) is 11.8 Å². The van der Waals surface area contributed by atoms with Crippen LogP contribution in [0.3, 0.4) is 0 Å². The average molecular weight is 334 g/mol. The van der Waals surface area contributed by atoms with Crippen LogP contribution in [-0.2, 0) is 0 Å². The first-order chi connectivity index (χ1) is 11.8. The molecule has 0 radical (unpaired) electrons. The molecule has 1 atom stereocenters. The van der Waals surface area contributed by atoms with Crippen molar-refractivity contribution in [2.45, 2.75) is 10.1 Å².